The van der Waals surface area contributed by atoms with Gasteiger partial charge in [0.1, 0.15) is 5.82 Å². The number of nitrogens with two attached hydrogens (primary N) is 1. The molecule has 0 aliphatic carbocycles. The molecule has 15 heavy (non-hydrogen) atoms. The average Bonchev–Trinajstić information content (AvgIpc) is 2.18. The molecular weight excluding hydrogens is 237 g/mol. The molecule has 6 heteroatoms. The molecule has 1 rings (SSSR count). The number of thiocarbonyl (C=S) groups is 1. The number of benzene rings is 1. The lowest BCUT2D eigenvalue weighted by Gasteiger charge is -2.08. The van der Waals surface area contributed by atoms with Gasteiger partial charge in [0.2, 0.25) is 0 Å². The first-order chi connectivity index (χ1) is 6.72. The number of hydrogen-bond acceptors (Lipinski definition) is 2. The van der Waals surface area contributed by atoms with Crippen molar-refractivity contribution in [1.82, 2.24) is 5.32 Å². The molecular formula is C9H13ClFN3S. The Bertz CT molecular complexity index is 305. The first kappa shape index (κ1) is 14.1. The first-order valence-corrected chi connectivity index (χ1v) is 4.63. The molecule has 0 fully saturated rings. The molecule has 1 aromatic rings. The summed E-state index contributed by atoms with van der Waals surface area (Å²) < 4.78 is 12.5. The van der Waals surface area contributed by atoms with Crippen LogP contribution < -0.4 is 16.4 Å². The van der Waals surface area contributed by atoms with Crippen LogP contribution >= 0.6 is 24.6 Å². The molecule has 0 bridgehead atoms. The fraction of sp³-hybridized carbons (Fsp3) is 0.222. The molecule has 0 spiro atoms. The number of anilines is 1. The third-order valence-electron chi connectivity index (χ3n) is 1.53. The normalized spacial score (nSPS) is 8.93. The van der Waals surface area contributed by atoms with Crippen LogP contribution in [-0.4, -0.2) is 18.2 Å². The van der Waals surface area contributed by atoms with E-state index < -0.39 is 0 Å². The standard InChI is InChI=1S/C9H12FN3S.ClH/c10-7-1-3-8(4-2-7)13-9(14)12-6-5-11;/h1-4H,5-6,11H2,(H2,12,13,14);1H. The Morgan fingerprint density at radius 1 is 1.33 bits per heavy atom. The predicted octanol–water partition coefficient (Wildman–Crippen LogP) is 1.49. The summed E-state index contributed by atoms with van der Waals surface area (Å²) in [5.74, 6) is -0.267. The van der Waals surface area contributed by atoms with Gasteiger partial charge < -0.3 is 16.4 Å². The van der Waals surface area contributed by atoms with Gasteiger partial charge in [0.25, 0.3) is 0 Å². The lowest BCUT2D eigenvalue weighted by Crippen LogP contribution is -2.32. The topological polar surface area (TPSA) is 50.1 Å². The number of rotatable bonds is 3. The average molecular weight is 250 g/mol. The monoisotopic (exact) mass is 249 g/mol. The molecule has 84 valence electrons. The van der Waals surface area contributed by atoms with Crippen LogP contribution in [0.15, 0.2) is 24.3 Å². The summed E-state index contributed by atoms with van der Waals surface area (Å²) >= 11 is 4.96. The van der Waals surface area contributed by atoms with E-state index in [1.807, 2.05) is 0 Å². The van der Waals surface area contributed by atoms with Gasteiger partial charge in [-0.1, -0.05) is 0 Å². The van der Waals surface area contributed by atoms with Crippen molar-refractivity contribution in [1.29, 1.82) is 0 Å². The molecule has 1 aromatic carbocycles. The second-order valence-electron chi connectivity index (χ2n) is 2.68. The fourth-order valence-electron chi connectivity index (χ4n) is 0.894. The van der Waals surface area contributed by atoms with Crippen molar-refractivity contribution in [2.45, 2.75) is 0 Å². The molecule has 4 N–H and O–H groups in total. The minimum absolute atomic E-state index is 0. The Hall–Kier alpha value is -0.910. The van der Waals surface area contributed by atoms with E-state index in [9.17, 15) is 4.39 Å². The second kappa shape index (κ2) is 7.39. The third-order valence-corrected chi connectivity index (χ3v) is 1.78. The highest BCUT2D eigenvalue weighted by Gasteiger charge is 1.96. The van der Waals surface area contributed by atoms with E-state index in [4.69, 9.17) is 18.0 Å². The maximum Gasteiger partial charge on any atom is 0.170 e. The van der Waals surface area contributed by atoms with Crippen molar-refractivity contribution in [3.05, 3.63) is 30.1 Å². The molecule has 0 saturated carbocycles. The molecule has 0 aliphatic heterocycles. The van der Waals surface area contributed by atoms with Crippen LogP contribution in [0.1, 0.15) is 0 Å². The van der Waals surface area contributed by atoms with Crippen LogP contribution in [0.25, 0.3) is 0 Å². The number of nitrogens with one attached hydrogen (secondary N) is 2. The van der Waals surface area contributed by atoms with Crippen molar-refractivity contribution < 1.29 is 4.39 Å². The highest BCUT2D eigenvalue weighted by atomic mass is 35.5. The minimum Gasteiger partial charge on any atom is -0.361 e. The summed E-state index contributed by atoms with van der Waals surface area (Å²) in [5, 5.41) is 6.29. The van der Waals surface area contributed by atoms with Crippen LogP contribution in [0.5, 0.6) is 0 Å². The van der Waals surface area contributed by atoms with Gasteiger partial charge in [-0.2, -0.15) is 0 Å². The van der Waals surface area contributed by atoms with Crippen molar-refractivity contribution in [3.8, 4) is 0 Å². The predicted molar refractivity (Wildman–Crippen MR) is 66.9 cm³/mol. The lowest BCUT2D eigenvalue weighted by atomic mass is 10.3. The van der Waals surface area contributed by atoms with E-state index in [0.29, 0.717) is 18.2 Å². The molecule has 0 radical (unpaired) electrons. The third kappa shape index (κ3) is 5.51. The van der Waals surface area contributed by atoms with Gasteiger partial charge in [-0.3, -0.25) is 0 Å². The Labute approximate surface area is 99.6 Å². The second-order valence-corrected chi connectivity index (χ2v) is 3.08. The molecule has 0 saturated heterocycles. The van der Waals surface area contributed by atoms with Crippen LogP contribution in [0.3, 0.4) is 0 Å². The van der Waals surface area contributed by atoms with Gasteiger partial charge in [-0.15, -0.1) is 12.4 Å². The van der Waals surface area contributed by atoms with Gasteiger partial charge in [0, 0.05) is 18.8 Å². The lowest BCUT2D eigenvalue weighted by molar-refractivity contribution is 0.628. The summed E-state index contributed by atoms with van der Waals surface area (Å²) in [6.07, 6.45) is 0. The van der Waals surface area contributed by atoms with E-state index in [2.05, 4.69) is 10.6 Å². The summed E-state index contributed by atoms with van der Waals surface area (Å²) in [5.41, 5.74) is 6.04. The van der Waals surface area contributed by atoms with Crippen LogP contribution in [0.2, 0.25) is 0 Å². The maximum absolute atomic E-state index is 12.5. The fourth-order valence-corrected chi connectivity index (χ4v) is 1.11. The summed E-state index contributed by atoms with van der Waals surface area (Å²) in [6, 6.07) is 5.97. The van der Waals surface area contributed by atoms with E-state index in [-0.39, 0.29) is 18.2 Å². The van der Waals surface area contributed by atoms with E-state index in [1.54, 1.807) is 12.1 Å². The summed E-state index contributed by atoms with van der Waals surface area (Å²) in [6.45, 7) is 1.14. The van der Waals surface area contributed by atoms with Crippen LogP contribution in [0, 0.1) is 5.82 Å². The zero-order chi connectivity index (χ0) is 10.4. The quantitative estimate of drug-likeness (QED) is 0.711. The molecule has 3 nitrogen and oxygen atoms in total. The number of hydrogen-bond donors (Lipinski definition) is 3. The molecule has 0 aromatic heterocycles. The van der Waals surface area contributed by atoms with Gasteiger partial charge in [-0.25, -0.2) is 4.39 Å². The van der Waals surface area contributed by atoms with Crippen LogP contribution in [-0.2, 0) is 0 Å². The van der Waals surface area contributed by atoms with Gasteiger partial charge >= 0.3 is 0 Å². The van der Waals surface area contributed by atoms with Gasteiger partial charge in [0.15, 0.2) is 5.11 Å². The Morgan fingerprint density at radius 3 is 2.47 bits per heavy atom. The molecule has 0 aliphatic rings. The largest absolute Gasteiger partial charge is 0.361 e. The van der Waals surface area contributed by atoms with Crippen molar-refractivity contribution in [2.24, 2.45) is 5.73 Å². The minimum atomic E-state index is -0.267. The van der Waals surface area contributed by atoms with Gasteiger partial charge in [-0.05, 0) is 36.5 Å². The Balaban J connectivity index is 0.00000196. The van der Waals surface area contributed by atoms with E-state index in [0.717, 1.165) is 5.69 Å². The molecule has 0 heterocycles. The zero-order valence-electron chi connectivity index (χ0n) is 8.00. The smallest absolute Gasteiger partial charge is 0.170 e. The first-order valence-electron chi connectivity index (χ1n) is 4.23. The van der Waals surface area contributed by atoms with Gasteiger partial charge in [0.05, 0.1) is 0 Å². The van der Waals surface area contributed by atoms with E-state index in [1.165, 1.54) is 12.1 Å². The SMILES string of the molecule is Cl.NCCNC(=S)Nc1ccc(F)cc1. The van der Waals surface area contributed by atoms with Crippen molar-refractivity contribution in [3.63, 3.8) is 0 Å². The molecule has 0 atom stereocenters. The number of halogens is 2. The highest BCUT2D eigenvalue weighted by molar-refractivity contribution is 7.80. The summed E-state index contributed by atoms with van der Waals surface area (Å²) in [4.78, 5) is 0. The zero-order valence-corrected chi connectivity index (χ0v) is 9.63. The Kier molecular flexibility index (Phi) is 6.94. The van der Waals surface area contributed by atoms with Crippen LogP contribution in [0.4, 0.5) is 10.1 Å². The van der Waals surface area contributed by atoms with E-state index >= 15 is 0 Å². The Morgan fingerprint density at radius 2 is 1.93 bits per heavy atom. The van der Waals surface area contributed by atoms with Crippen molar-refractivity contribution in [2.75, 3.05) is 18.4 Å². The summed E-state index contributed by atoms with van der Waals surface area (Å²) in [7, 11) is 0. The molecule has 0 amide bonds. The van der Waals surface area contributed by atoms with Crippen molar-refractivity contribution >= 4 is 35.4 Å². The highest BCUT2D eigenvalue weighted by Crippen LogP contribution is 2.07. The maximum atomic E-state index is 12.5. The molecule has 0 unspecified atom stereocenters.